The number of ether oxygens (including phenoxy) is 2. The number of alkyl halides is 2. The van der Waals surface area contributed by atoms with Gasteiger partial charge in [0, 0.05) is 51.0 Å². The second kappa shape index (κ2) is 17.4. The molecule has 6 nitrogen and oxygen atoms in total. The lowest BCUT2D eigenvalue weighted by atomic mass is 9.78. The second-order valence-electron chi connectivity index (χ2n) is 8.92. The van der Waals surface area contributed by atoms with E-state index in [9.17, 15) is 9.59 Å². The van der Waals surface area contributed by atoms with Gasteiger partial charge < -0.3 is 9.47 Å². The molecule has 1 heterocycles. The van der Waals surface area contributed by atoms with Gasteiger partial charge in [0.25, 0.3) is 0 Å². The van der Waals surface area contributed by atoms with E-state index in [2.05, 4.69) is 46.2 Å². The molecule has 0 unspecified atom stereocenters. The topological polar surface area (TPSA) is 59.1 Å². The van der Waals surface area contributed by atoms with E-state index in [1.165, 1.54) is 11.1 Å². The average molecular weight is 552 g/mol. The molecule has 0 spiro atoms. The van der Waals surface area contributed by atoms with E-state index >= 15 is 0 Å². The summed E-state index contributed by atoms with van der Waals surface area (Å²) in [7, 11) is 0. The van der Waals surface area contributed by atoms with E-state index in [1.807, 2.05) is 24.3 Å². The van der Waals surface area contributed by atoms with Crippen molar-refractivity contribution >= 4 is 35.1 Å². The lowest BCUT2D eigenvalue weighted by molar-refractivity contribution is -0.176. The van der Waals surface area contributed by atoms with E-state index in [-0.39, 0.29) is 13.2 Å². The van der Waals surface area contributed by atoms with Crippen LogP contribution in [0.5, 0.6) is 0 Å². The maximum absolute atomic E-state index is 12.4. The van der Waals surface area contributed by atoms with Gasteiger partial charge in [0.2, 0.25) is 0 Å². The number of likely N-dealkylation sites (tertiary alicyclic amines) is 1. The van der Waals surface area contributed by atoms with Gasteiger partial charge in [-0.15, -0.1) is 23.2 Å². The number of piperidine rings is 1. The Bertz CT molecular complexity index is 881. The molecule has 204 valence electrons. The van der Waals surface area contributed by atoms with Gasteiger partial charge in [0.05, 0.1) is 13.2 Å². The molecular formula is C29H40Cl2N2O4. The summed E-state index contributed by atoms with van der Waals surface area (Å²) in [5.41, 5.74) is 1.40. The zero-order valence-electron chi connectivity index (χ0n) is 22.0. The molecule has 0 aromatic heterocycles. The van der Waals surface area contributed by atoms with E-state index < -0.39 is 17.4 Å². The number of esters is 2. The summed E-state index contributed by atoms with van der Waals surface area (Å²) in [5.74, 6) is 0.420. The zero-order valence-corrected chi connectivity index (χ0v) is 23.6. The molecule has 0 N–H and O–H groups in total. The van der Waals surface area contributed by atoms with E-state index in [0.717, 1.165) is 26.2 Å². The molecule has 0 amide bonds. The van der Waals surface area contributed by atoms with Gasteiger partial charge in [-0.3, -0.25) is 19.4 Å². The van der Waals surface area contributed by atoms with Crippen LogP contribution >= 0.6 is 23.2 Å². The van der Waals surface area contributed by atoms with Crippen LogP contribution in [0.3, 0.4) is 0 Å². The normalized spacial score (nSPS) is 14.9. The largest absolute Gasteiger partial charge is 0.465 e. The highest BCUT2D eigenvalue weighted by molar-refractivity contribution is 6.18. The van der Waals surface area contributed by atoms with Crippen LogP contribution in [-0.2, 0) is 32.2 Å². The van der Waals surface area contributed by atoms with Gasteiger partial charge >= 0.3 is 11.9 Å². The summed E-state index contributed by atoms with van der Waals surface area (Å²) in [6.07, 6.45) is 0.884. The zero-order chi connectivity index (χ0) is 26.9. The predicted octanol–water partition coefficient (Wildman–Crippen LogP) is 5.36. The number of hydrogen-bond donors (Lipinski definition) is 0. The lowest BCUT2D eigenvalue weighted by Crippen LogP contribution is -2.50. The van der Waals surface area contributed by atoms with Crippen molar-refractivity contribution in [3.63, 3.8) is 0 Å². The third-order valence-electron chi connectivity index (χ3n) is 6.34. The quantitative estimate of drug-likeness (QED) is 0.201. The van der Waals surface area contributed by atoms with Crippen molar-refractivity contribution in [1.29, 1.82) is 0 Å². The van der Waals surface area contributed by atoms with Crippen LogP contribution in [-0.4, -0.2) is 72.9 Å². The van der Waals surface area contributed by atoms with E-state index in [0.29, 0.717) is 37.7 Å². The number of hydrogen-bond acceptors (Lipinski definition) is 6. The molecule has 1 saturated heterocycles. The lowest BCUT2D eigenvalue weighted by Gasteiger charge is -2.38. The van der Waals surface area contributed by atoms with Gasteiger partial charge in [-0.2, -0.15) is 0 Å². The first-order valence-corrected chi connectivity index (χ1v) is 14.0. The fraction of sp³-hybridized carbons (Fsp3) is 0.517. The first kappa shape index (κ1) is 31.1. The SMILES string of the molecule is CCOC(=O)C1(C(=O)OCC)CCN(Cc2ccccc2)CC1.ClCCN(CCCl)Cc1ccccc1. The van der Waals surface area contributed by atoms with E-state index in [4.69, 9.17) is 32.7 Å². The Labute approximate surface area is 231 Å². The molecule has 1 aliphatic heterocycles. The summed E-state index contributed by atoms with van der Waals surface area (Å²) in [6.45, 7) is 8.93. The Morgan fingerprint density at radius 1 is 0.811 bits per heavy atom. The summed E-state index contributed by atoms with van der Waals surface area (Å²) < 4.78 is 10.3. The fourth-order valence-electron chi connectivity index (χ4n) is 4.32. The van der Waals surface area contributed by atoms with Crippen molar-refractivity contribution in [3.05, 3.63) is 71.8 Å². The van der Waals surface area contributed by atoms with Crippen molar-refractivity contribution in [1.82, 2.24) is 9.80 Å². The van der Waals surface area contributed by atoms with Gasteiger partial charge in [-0.1, -0.05) is 60.7 Å². The third kappa shape index (κ3) is 10.3. The summed E-state index contributed by atoms with van der Waals surface area (Å²) in [6, 6.07) is 20.6. The molecule has 1 fully saturated rings. The Morgan fingerprint density at radius 2 is 1.27 bits per heavy atom. The maximum Gasteiger partial charge on any atom is 0.323 e. The number of benzene rings is 2. The van der Waals surface area contributed by atoms with Crippen molar-refractivity contribution in [2.75, 3.05) is 51.2 Å². The first-order chi connectivity index (χ1) is 18.0. The molecule has 1 aliphatic rings. The first-order valence-electron chi connectivity index (χ1n) is 13.0. The molecule has 8 heteroatoms. The molecule has 0 radical (unpaired) electrons. The molecule has 0 aliphatic carbocycles. The Balaban J connectivity index is 0.000000294. The smallest absolute Gasteiger partial charge is 0.323 e. The summed E-state index contributed by atoms with van der Waals surface area (Å²) in [4.78, 5) is 29.2. The monoisotopic (exact) mass is 550 g/mol. The Morgan fingerprint density at radius 3 is 1.70 bits per heavy atom. The molecule has 2 aromatic carbocycles. The van der Waals surface area contributed by atoms with Crippen LogP contribution in [0.2, 0.25) is 0 Å². The number of nitrogens with zero attached hydrogens (tertiary/aromatic N) is 2. The average Bonchev–Trinajstić information content (AvgIpc) is 2.91. The Kier molecular flexibility index (Phi) is 14.6. The number of halogens is 2. The number of rotatable bonds is 12. The van der Waals surface area contributed by atoms with Crippen LogP contribution < -0.4 is 0 Å². The summed E-state index contributed by atoms with van der Waals surface area (Å²) >= 11 is 11.4. The van der Waals surface area contributed by atoms with Gasteiger partial charge in [0.1, 0.15) is 0 Å². The minimum Gasteiger partial charge on any atom is -0.465 e. The van der Waals surface area contributed by atoms with Crippen LogP contribution in [0.1, 0.15) is 37.8 Å². The molecule has 0 saturated carbocycles. The van der Waals surface area contributed by atoms with Gasteiger partial charge in [-0.25, -0.2) is 0 Å². The fourth-order valence-corrected chi connectivity index (χ4v) is 4.79. The predicted molar refractivity (Wildman–Crippen MR) is 150 cm³/mol. The van der Waals surface area contributed by atoms with Crippen molar-refractivity contribution in [3.8, 4) is 0 Å². The molecule has 3 rings (SSSR count). The third-order valence-corrected chi connectivity index (χ3v) is 6.68. The standard InChI is InChI=1S/C18H25NO4.C11H15Cl2N/c1-3-22-16(20)18(17(21)23-4-2)10-12-19(13-11-18)14-15-8-6-5-7-9-15;12-6-8-14(9-7-13)10-11-4-2-1-3-5-11/h5-9H,3-4,10-14H2,1-2H3;1-5H,6-10H2. The highest BCUT2D eigenvalue weighted by Crippen LogP contribution is 2.35. The minimum atomic E-state index is -1.14. The van der Waals surface area contributed by atoms with Crippen molar-refractivity contribution in [2.24, 2.45) is 5.41 Å². The number of carbonyl (C=O) groups is 2. The van der Waals surface area contributed by atoms with Crippen LogP contribution in [0.15, 0.2) is 60.7 Å². The van der Waals surface area contributed by atoms with Gasteiger partial charge in [-0.05, 0) is 37.8 Å². The molecule has 2 aromatic rings. The highest BCUT2D eigenvalue weighted by atomic mass is 35.5. The van der Waals surface area contributed by atoms with Crippen molar-refractivity contribution in [2.45, 2.75) is 39.8 Å². The Hall–Kier alpha value is -2.12. The molecule has 0 bridgehead atoms. The van der Waals surface area contributed by atoms with Crippen LogP contribution in [0.25, 0.3) is 0 Å². The minimum absolute atomic E-state index is 0.272. The van der Waals surface area contributed by atoms with Crippen molar-refractivity contribution < 1.29 is 19.1 Å². The van der Waals surface area contributed by atoms with Crippen LogP contribution in [0, 0.1) is 5.41 Å². The number of carbonyl (C=O) groups excluding carboxylic acids is 2. The second-order valence-corrected chi connectivity index (χ2v) is 9.68. The van der Waals surface area contributed by atoms with Crippen LogP contribution in [0.4, 0.5) is 0 Å². The van der Waals surface area contributed by atoms with E-state index in [1.54, 1.807) is 13.8 Å². The molecule has 0 atom stereocenters. The molecular weight excluding hydrogens is 511 g/mol. The van der Waals surface area contributed by atoms with Gasteiger partial charge in [0.15, 0.2) is 5.41 Å². The highest BCUT2D eigenvalue weighted by Gasteiger charge is 2.50. The maximum atomic E-state index is 12.4. The summed E-state index contributed by atoms with van der Waals surface area (Å²) in [5, 5.41) is 0. The molecule has 37 heavy (non-hydrogen) atoms.